The lowest BCUT2D eigenvalue weighted by Crippen LogP contribution is -2.30. The SMILES string of the molecule is c1cnc2nc3nc(N4CCCCC4)ccn3c2c1. The van der Waals surface area contributed by atoms with Gasteiger partial charge in [-0.05, 0) is 37.5 Å². The lowest BCUT2D eigenvalue weighted by atomic mass is 10.1. The Kier molecular flexibility index (Phi) is 2.36. The lowest BCUT2D eigenvalue weighted by molar-refractivity contribution is 0.573. The van der Waals surface area contributed by atoms with Crippen molar-refractivity contribution in [2.75, 3.05) is 18.0 Å². The van der Waals surface area contributed by atoms with E-state index in [-0.39, 0.29) is 0 Å². The van der Waals surface area contributed by atoms with Crippen LogP contribution in [0.15, 0.2) is 30.6 Å². The van der Waals surface area contributed by atoms with Crippen LogP contribution in [0.3, 0.4) is 0 Å². The summed E-state index contributed by atoms with van der Waals surface area (Å²) in [7, 11) is 0. The number of piperidine rings is 1. The second-order valence-electron chi connectivity index (χ2n) is 4.96. The highest BCUT2D eigenvalue weighted by Crippen LogP contribution is 2.20. The summed E-state index contributed by atoms with van der Waals surface area (Å²) in [5.74, 6) is 1.76. The molecular weight excluding hydrogens is 238 g/mol. The molecule has 5 heteroatoms. The van der Waals surface area contributed by atoms with Crippen molar-refractivity contribution in [3.63, 3.8) is 0 Å². The molecule has 4 rings (SSSR count). The van der Waals surface area contributed by atoms with E-state index in [1.54, 1.807) is 6.20 Å². The van der Waals surface area contributed by atoms with Crippen molar-refractivity contribution in [1.29, 1.82) is 0 Å². The minimum Gasteiger partial charge on any atom is -0.356 e. The predicted octanol–water partition coefficient (Wildman–Crippen LogP) is 2.27. The van der Waals surface area contributed by atoms with Crippen LogP contribution in [0.4, 0.5) is 5.82 Å². The van der Waals surface area contributed by atoms with Gasteiger partial charge in [-0.2, -0.15) is 9.97 Å². The number of nitrogens with zero attached hydrogens (tertiary/aromatic N) is 5. The molecule has 0 N–H and O–H groups in total. The van der Waals surface area contributed by atoms with Crippen LogP contribution in [0.2, 0.25) is 0 Å². The topological polar surface area (TPSA) is 46.3 Å². The normalized spacial score (nSPS) is 16.3. The molecule has 0 radical (unpaired) electrons. The van der Waals surface area contributed by atoms with E-state index in [0.29, 0.717) is 0 Å². The Balaban J connectivity index is 1.84. The van der Waals surface area contributed by atoms with Gasteiger partial charge in [-0.3, -0.25) is 4.40 Å². The van der Waals surface area contributed by atoms with Crippen LogP contribution in [-0.4, -0.2) is 32.4 Å². The standard InChI is InChI=1S/C14H15N5/c1-2-8-18(9-3-1)12-6-10-19-11-5-4-7-15-13(11)17-14(19)16-12/h4-7,10H,1-3,8-9H2. The summed E-state index contributed by atoms with van der Waals surface area (Å²) in [6, 6.07) is 6.02. The zero-order chi connectivity index (χ0) is 12.7. The number of anilines is 1. The third-order valence-corrected chi connectivity index (χ3v) is 3.71. The molecule has 1 saturated heterocycles. The van der Waals surface area contributed by atoms with Crippen molar-refractivity contribution in [2.45, 2.75) is 19.3 Å². The maximum Gasteiger partial charge on any atom is 0.238 e. The monoisotopic (exact) mass is 253 g/mol. The van der Waals surface area contributed by atoms with Crippen molar-refractivity contribution >= 4 is 22.8 Å². The minimum absolute atomic E-state index is 0.733. The van der Waals surface area contributed by atoms with E-state index >= 15 is 0 Å². The highest BCUT2D eigenvalue weighted by molar-refractivity contribution is 5.75. The van der Waals surface area contributed by atoms with E-state index in [0.717, 1.165) is 35.8 Å². The minimum atomic E-state index is 0.733. The number of rotatable bonds is 1. The first-order chi connectivity index (χ1) is 9.42. The first-order valence-corrected chi connectivity index (χ1v) is 6.77. The molecular formula is C14H15N5. The van der Waals surface area contributed by atoms with E-state index in [1.165, 1.54) is 19.3 Å². The molecule has 4 heterocycles. The van der Waals surface area contributed by atoms with Crippen LogP contribution in [0, 0.1) is 0 Å². The van der Waals surface area contributed by atoms with E-state index in [9.17, 15) is 0 Å². The zero-order valence-electron chi connectivity index (χ0n) is 10.7. The van der Waals surface area contributed by atoms with Crippen molar-refractivity contribution in [3.05, 3.63) is 30.6 Å². The highest BCUT2D eigenvalue weighted by atomic mass is 15.2. The number of fused-ring (bicyclic) bond motifs is 3. The van der Waals surface area contributed by atoms with Gasteiger partial charge in [0.05, 0.1) is 5.52 Å². The van der Waals surface area contributed by atoms with Crippen molar-refractivity contribution in [3.8, 4) is 0 Å². The van der Waals surface area contributed by atoms with Gasteiger partial charge in [-0.15, -0.1) is 0 Å². The lowest BCUT2D eigenvalue weighted by Gasteiger charge is -2.27. The molecule has 1 aliphatic heterocycles. The van der Waals surface area contributed by atoms with Crippen LogP contribution in [0.1, 0.15) is 19.3 Å². The third-order valence-electron chi connectivity index (χ3n) is 3.71. The average molecular weight is 253 g/mol. The van der Waals surface area contributed by atoms with Crippen LogP contribution >= 0.6 is 0 Å². The van der Waals surface area contributed by atoms with Crippen LogP contribution in [-0.2, 0) is 0 Å². The first-order valence-electron chi connectivity index (χ1n) is 6.77. The summed E-state index contributed by atoms with van der Waals surface area (Å²) in [4.78, 5) is 15.8. The Labute approximate surface area is 110 Å². The van der Waals surface area contributed by atoms with Gasteiger partial charge in [-0.1, -0.05) is 0 Å². The quantitative estimate of drug-likeness (QED) is 0.667. The summed E-state index contributed by atoms with van der Waals surface area (Å²) in [5.41, 5.74) is 1.76. The Hall–Kier alpha value is -2.17. The summed E-state index contributed by atoms with van der Waals surface area (Å²) in [5, 5.41) is 0. The molecule has 19 heavy (non-hydrogen) atoms. The molecule has 0 unspecified atom stereocenters. The van der Waals surface area contributed by atoms with E-state index < -0.39 is 0 Å². The second kappa shape index (κ2) is 4.19. The van der Waals surface area contributed by atoms with Gasteiger partial charge in [0, 0.05) is 25.5 Å². The Morgan fingerprint density at radius 1 is 1.00 bits per heavy atom. The average Bonchev–Trinajstić information content (AvgIpc) is 2.86. The molecule has 96 valence electrons. The van der Waals surface area contributed by atoms with Gasteiger partial charge in [0.2, 0.25) is 5.78 Å². The second-order valence-corrected chi connectivity index (χ2v) is 4.96. The predicted molar refractivity (Wildman–Crippen MR) is 74.4 cm³/mol. The fraction of sp³-hybridized carbons (Fsp3) is 0.357. The Morgan fingerprint density at radius 3 is 2.79 bits per heavy atom. The first kappa shape index (κ1) is 10.7. The maximum absolute atomic E-state index is 4.67. The van der Waals surface area contributed by atoms with Crippen molar-refractivity contribution in [1.82, 2.24) is 19.4 Å². The molecule has 0 atom stereocenters. The van der Waals surface area contributed by atoms with E-state index in [2.05, 4.69) is 25.9 Å². The molecule has 0 bridgehead atoms. The zero-order valence-corrected chi connectivity index (χ0v) is 10.7. The molecule has 0 spiro atoms. The molecule has 1 aliphatic rings. The number of aromatic nitrogens is 4. The van der Waals surface area contributed by atoms with Crippen molar-refractivity contribution in [2.24, 2.45) is 0 Å². The largest absolute Gasteiger partial charge is 0.356 e. The van der Waals surface area contributed by atoms with E-state index in [1.807, 2.05) is 22.7 Å². The van der Waals surface area contributed by atoms with Gasteiger partial charge in [0.15, 0.2) is 5.65 Å². The number of imidazole rings is 1. The van der Waals surface area contributed by atoms with Gasteiger partial charge in [0.25, 0.3) is 0 Å². The van der Waals surface area contributed by atoms with Gasteiger partial charge >= 0.3 is 0 Å². The molecule has 0 aromatic carbocycles. The van der Waals surface area contributed by atoms with Crippen molar-refractivity contribution < 1.29 is 0 Å². The summed E-state index contributed by atoms with van der Waals surface area (Å²) >= 11 is 0. The van der Waals surface area contributed by atoms with Crippen LogP contribution < -0.4 is 4.90 Å². The van der Waals surface area contributed by atoms with E-state index in [4.69, 9.17) is 0 Å². The molecule has 5 nitrogen and oxygen atoms in total. The maximum atomic E-state index is 4.67. The van der Waals surface area contributed by atoms with Gasteiger partial charge in [-0.25, -0.2) is 4.98 Å². The number of hydrogen-bond acceptors (Lipinski definition) is 4. The molecule has 3 aromatic heterocycles. The number of hydrogen-bond donors (Lipinski definition) is 0. The third kappa shape index (κ3) is 1.73. The molecule has 0 amide bonds. The summed E-state index contributed by atoms with van der Waals surface area (Å²) in [6.07, 6.45) is 7.65. The smallest absolute Gasteiger partial charge is 0.238 e. The Bertz CT molecular complexity index is 727. The fourth-order valence-electron chi connectivity index (χ4n) is 2.72. The van der Waals surface area contributed by atoms with Gasteiger partial charge in [0.1, 0.15) is 5.82 Å². The molecule has 0 saturated carbocycles. The molecule has 3 aromatic rings. The Morgan fingerprint density at radius 2 is 1.89 bits per heavy atom. The molecule has 0 aliphatic carbocycles. The van der Waals surface area contributed by atoms with Crippen LogP contribution in [0.25, 0.3) is 16.9 Å². The van der Waals surface area contributed by atoms with Gasteiger partial charge < -0.3 is 4.90 Å². The highest BCUT2D eigenvalue weighted by Gasteiger charge is 2.14. The molecule has 1 fully saturated rings. The fourth-order valence-corrected chi connectivity index (χ4v) is 2.72. The summed E-state index contributed by atoms with van der Waals surface area (Å²) in [6.45, 7) is 2.20. The van der Waals surface area contributed by atoms with Crippen LogP contribution in [0.5, 0.6) is 0 Å². The summed E-state index contributed by atoms with van der Waals surface area (Å²) < 4.78 is 2.00. The number of pyridine rings is 1.